The lowest BCUT2D eigenvalue weighted by molar-refractivity contribution is 0.0981. The summed E-state index contributed by atoms with van der Waals surface area (Å²) < 4.78 is 15.2. The third kappa shape index (κ3) is 3.44. The van der Waals surface area contributed by atoms with Gasteiger partial charge < -0.3 is 0 Å². The Morgan fingerprint density at radius 3 is 2.70 bits per heavy atom. The molecule has 0 aliphatic rings. The normalized spacial score (nSPS) is 10.9. The molecule has 2 aromatic heterocycles. The molecule has 0 radical (unpaired) electrons. The highest BCUT2D eigenvalue weighted by Crippen LogP contribution is 2.32. The van der Waals surface area contributed by atoms with Crippen LogP contribution in [-0.4, -0.2) is 15.9 Å². The van der Waals surface area contributed by atoms with E-state index < -0.39 is 11.7 Å². The Morgan fingerprint density at radius 1 is 1.11 bits per heavy atom. The summed E-state index contributed by atoms with van der Waals surface area (Å²) in [6, 6.07) is 15.6. The maximum absolute atomic E-state index is 14.2. The second-order valence-corrected chi connectivity index (χ2v) is 7.16. The van der Waals surface area contributed by atoms with Gasteiger partial charge in [-0.1, -0.05) is 41.7 Å². The van der Waals surface area contributed by atoms with Gasteiger partial charge in [-0.3, -0.25) is 14.7 Å². The number of carbonyl (C=O) groups is 1. The zero-order valence-corrected chi connectivity index (χ0v) is 15.4. The van der Waals surface area contributed by atoms with Gasteiger partial charge in [-0.25, -0.2) is 9.37 Å². The van der Waals surface area contributed by atoms with Gasteiger partial charge in [0, 0.05) is 12.4 Å². The van der Waals surface area contributed by atoms with E-state index in [0.717, 1.165) is 21.3 Å². The van der Waals surface area contributed by atoms with Crippen LogP contribution in [0.1, 0.15) is 21.5 Å². The fraction of sp³-hybridized carbons (Fsp3) is 0.0952. The second-order valence-electron chi connectivity index (χ2n) is 6.15. The average molecular weight is 377 g/mol. The first kappa shape index (κ1) is 17.3. The van der Waals surface area contributed by atoms with Crippen molar-refractivity contribution in [2.75, 3.05) is 4.90 Å². The molecule has 0 N–H and O–H groups in total. The van der Waals surface area contributed by atoms with Crippen LogP contribution in [0.4, 0.5) is 9.52 Å². The van der Waals surface area contributed by atoms with Gasteiger partial charge in [0.25, 0.3) is 5.91 Å². The van der Waals surface area contributed by atoms with Gasteiger partial charge in [0.15, 0.2) is 5.13 Å². The van der Waals surface area contributed by atoms with Crippen LogP contribution >= 0.6 is 11.3 Å². The Balaban J connectivity index is 1.81. The lowest BCUT2D eigenvalue weighted by atomic mass is 10.1. The summed E-state index contributed by atoms with van der Waals surface area (Å²) in [6.45, 7) is 2.25. The van der Waals surface area contributed by atoms with E-state index in [-0.39, 0.29) is 12.1 Å². The zero-order chi connectivity index (χ0) is 18.8. The molecule has 4 aromatic rings. The first-order valence-corrected chi connectivity index (χ1v) is 9.26. The Bertz CT molecular complexity index is 1110. The van der Waals surface area contributed by atoms with Crippen LogP contribution in [0.25, 0.3) is 10.2 Å². The molecule has 2 aromatic carbocycles. The summed E-state index contributed by atoms with van der Waals surface area (Å²) in [6.07, 6.45) is 3.37. The molecule has 0 atom stereocenters. The maximum atomic E-state index is 14.2. The SMILES string of the molecule is Cc1cccc2sc(N(Cc3cccnc3)C(=O)c3ccccc3F)nc12. The molecule has 0 spiro atoms. The van der Waals surface area contributed by atoms with E-state index in [1.807, 2.05) is 37.3 Å². The van der Waals surface area contributed by atoms with Crippen molar-refractivity contribution >= 4 is 32.6 Å². The number of aromatic nitrogens is 2. The van der Waals surface area contributed by atoms with Crippen molar-refractivity contribution in [3.8, 4) is 0 Å². The molecule has 0 unspecified atom stereocenters. The third-order valence-electron chi connectivity index (χ3n) is 4.25. The van der Waals surface area contributed by atoms with Crippen LogP contribution in [0.2, 0.25) is 0 Å². The van der Waals surface area contributed by atoms with Crippen LogP contribution in [-0.2, 0) is 6.54 Å². The maximum Gasteiger partial charge on any atom is 0.263 e. The Labute approximate surface area is 159 Å². The Morgan fingerprint density at radius 2 is 1.96 bits per heavy atom. The first-order chi connectivity index (χ1) is 13.1. The summed E-state index contributed by atoms with van der Waals surface area (Å²) in [4.78, 5) is 23.5. The molecule has 1 amide bonds. The van der Waals surface area contributed by atoms with Crippen molar-refractivity contribution in [1.29, 1.82) is 0 Å². The highest BCUT2D eigenvalue weighted by molar-refractivity contribution is 7.22. The first-order valence-electron chi connectivity index (χ1n) is 8.45. The number of rotatable bonds is 4. The van der Waals surface area contributed by atoms with Crippen molar-refractivity contribution in [3.63, 3.8) is 0 Å². The van der Waals surface area contributed by atoms with Crippen molar-refractivity contribution < 1.29 is 9.18 Å². The van der Waals surface area contributed by atoms with Crippen LogP contribution in [0.15, 0.2) is 67.0 Å². The standard InChI is InChI=1S/C21H16FN3OS/c1-14-6-4-10-18-19(14)24-21(27-18)25(13-15-7-5-11-23-12-15)20(26)16-8-2-3-9-17(16)22/h2-12H,13H2,1H3. The number of fused-ring (bicyclic) bond motifs is 1. The minimum atomic E-state index is -0.545. The number of para-hydroxylation sites is 1. The van der Waals surface area contributed by atoms with Gasteiger partial charge in [0.1, 0.15) is 5.82 Å². The van der Waals surface area contributed by atoms with Crippen molar-refractivity contribution in [1.82, 2.24) is 9.97 Å². The lowest BCUT2D eigenvalue weighted by Gasteiger charge is -2.20. The molecule has 4 nitrogen and oxygen atoms in total. The number of halogens is 1. The summed E-state index contributed by atoms with van der Waals surface area (Å²) in [5, 5.41) is 0.538. The summed E-state index contributed by atoms with van der Waals surface area (Å²) in [7, 11) is 0. The predicted molar refractivity (Wildman–Crippen MR) is 106 cm³/mol. The number of nitrogens with zero attached hydrogens (tertiary/aromatic N) is 3. The minimum Gasteiger partial charge on any atom is -0.279 e. The number of hydrogen-bond donors (Lipinski definition) is 0. The smallest absolute Gasteiger partial charge is 0.263 e. The highest BCUT2D eigenvalue weighted by atomic mass is 32.1. The number of pyridine rings is 1. The molecule has 2 heterocycles. The average Bonchev–Trinajstić information content (AvgIpc) is 3.12. The van der Waals surface area contributed by atoms with Gasteiger partial charge in [-0.2, -0.15) is 0 Å². The van der Waals surface area contributed by atoms with E-state index in [1.165, 1.54) is 28.4 Å². The van der Waals surface area contributed by atoms with Crippen molar-refractivity contribution in [2.45, 2.75) is 13.5 Å². The number of carbonyl (C=O) groups excluding carboxylic acids is 1. The Kier molecular flexibility index (Phi) is 4.64. The van der Waals surface area contributed by atoms with E-state index in [0.29, 0.717) is 5.13 Å². The van der Waals surface area contributed by atoms with Gasteiger partial charge in [-0.05, 0) is 42.3 Å². The van der Waals surface area contributed by atoms with E-state index in [9.17, 15) is 9.18 Å². The molecule has 27 heavy (non-hydrogen) atoms. The van der Waals surface area contributed by atoms with Crippen molar-refractivity contribution in [2.24, 2.45) is 0 Å². The van der Waals surface area contributed by atoms with Crippen molar-refractivity contribution in [3.05, 3.63) is 89.5 Å². The third-order valence-corrected chi connectivity index (χ3v) is 5.30. The summed E-state index contributed by atoms with van der Waals surface area (Å²) in [5.74, 6) is -0.968. The molecule has 134 valence electrons. The number of hydrogen-bond acceptors (Lipinski definition) is 4. The van der Waals surface area contributed by atoms with Gasteiger partial charge in [0.05, 0.1) is 22.3 Å². The highest BCUT2D eigenvalue weighted by Gasteiger charge is 2.24. The van der Waals surface area contributed by atoms with E-state index in [2.05, 4.69) is 9.97 Å². The molecule has 6 heteroatoms. The molecule has 0 fully saturated rings. The summed E-state index contributed by atoms with van der Waals surface area (Å²) >= 11 is 1.42. The fourth-order valence-corrected chi connectivity index (χ4v) is 3.91. The van der Waals surface area contributed by atoms with E-state index in [4.69, 9.17) is 0 Å². The molecule has 0 saturated carbocycles. The van der Waals surface area contributed by atoms with Gasteiger partial charge >= 0.3 is 0 Å². The van der Waals surface area contributed by atoms with Crippen LogP contribution in [0, 0.1) is 12.7 Å². The molecule has 0 aliphatic carbocycles. The molecular formula is C21H16FN3OS. The van der Waals surface area contributed by atoms with E-state index >= 15 is 0 Å². The second kappa shape index (κ2) is 7.25. The topological polar surface area (TPSA) is 46.1 Å². The molecule has 0 aliphatic heterocycles. The zero-order valence-electron chi connectivity index (χ0n) is 14.6. The van der Waals surface area contributed by atoms with Gasteiger partial charge in [-0.15, -0.1) is 0 Å². The van der Waals surface area contributed by atoms with E-state index in [1.54, 1.807) is 24.5 Å². The number of amides is 1. The fourth-order valence-electron chi connectivity index (χ4n) is 2.87. The quantitative estimate of drug-likeness (QED) is 0.504. The van der Waals surface area contributed by atoms with Crippen LogP contribution in [0.5, 0.6) is 0 Å². The molecule has 4 rings (SSSR count). The predicted octanol–water partition coefficient (Wildman–Crippen LogP) is 4.99. The van der Waals surface area contributed by atoms with Crippen LogP contribution in [0.3, 0.4) is 0 Å². The molecule has 0 saturated heterocycles. The number of aryl methyl sites for hydroxylation is 1. The lowest BCUT2D eigenvalue weighted by Crippen LogP contribution is -2.31. The minimum absolute atomic E-state index is 0.0253. The Hall–Kier alpha value is -3.12. The number of anilines is 1. The molecular weight excluding hydrogens is 361 g/mol. The van der Waals surface area contributed by atoms with Crippen LogP contribution < -0.4 is 4.90 Å². The largest absolute Gasteiger partial charge is 0.279 e. The summed E-state index contributed by atoms with van der Waals surface area (Å²) in [5.41, 5.74) is 2.76. The van der Waals surface area contributed by atoms with Gasteiger partial charge in [0.2, 0.25) is 0 Å². The number of thiazole rings is 1. The number of benzene rings is 2. The monoisotopic (exact) mass is 377 g/mol. The molecule has 0 bridgehead atoms.